The average molecular weight is 343 g/mol. The van der Waals surface area contributed by atoms with Gasteiger partial charge in [-0.2, -0.15) is 0 Å². The highest BCUT2D eigenvalue weighted by Crippen LogP contribution is 2.32. The Bertz CT molecular complexity index is 764. The van der Waals surface area contributed by atoms with Crippen molar-refractivity contribution in [1.29, 1.82) is 0 Å². The van der Waals surface area contributed by atoms with Crippen molar-refractivity contribution in [3.05, 3.63) is 41.3 Å². The predicted octanol–water partition coefficient (Wildman–Crippen LogP) is 3.40. The monoisotopic (exact) mass is 343 g/mol. The molecule has 1 heterocycles. The molecule has 0 fully saturated rings. The second kappa shape index (κ2) is 7.21. The second-order valence-electron chi connectivity index (χ2n) is 5.80. The zero-order valence-corrected chi connectivity index (χ0v) is 14.9. The van der Waals surface area contributed by atoms with E-state index in [-0.39, 0.29) is 11.2 Å². The summed E-state index contributed by atoms with van der Waals surface area (Å²) in [7, 11) is 1.59. The summed E-state index contributed by atoms with van der Waals surface area (Å²) in [4.78, 5) is 21.6. The summed E-state index contributed by atoms with van der Waals surface area (Å²) in [6.45, 7) is 3.80. The van der Waals surface area contributed by atoms with Crippen LogP contribution >= 0.6 is 11.8 Å². The number of aryl methyl sites for hydroxylation is 2. The van der Waals surface area contributed by atoms with Gasteiger partial charge in [0.15, 0.2) is 0 Å². The van der Waals surface area contributed by atoms with Gasteiger partial charge in [0.1, 0.15) is 16.6 Å². The molecule has 5 nitrogen and oxygen atoms in total. The number of para-hydroxylation sites is 2. The quantitative estimate of drug-likeness (QED) is 0.666. The predicted molar refractivity (Wildman–Crippen MR) is 95.7 cm³/mol. The van der Waals surface area contributed by atoms with Gasteiger partial charge in [0.25, 0.3) is 0 Å². The van der Waals surface area contributed by atoms with Gasteiger partial charge in [0, 0.05) is 11.3 Å². The van der Waals surface area contributed by atoms with E-state index in [2.05, 4.69) is 15.3 Å². The first-order valence-corrected chi connectivity index (χ1v) is 8.93. The number of nitrogens with zero attached hydrogens (tertiary/aromatic N) is 2. The van der Waals surface area contributed by atoms with Gasteiger partial charge < -0.3 is 10.1 Å². The molecular formula is C18H21N3O2S. The number of hydrogen-bond donors (Lipinski definition) is 1. The molecule has 0 saturated heterocycles. The van der Waals surface area contributed by atoms with E-state index >= 15 is 0 Å². The Hall–Kier alpha value is -2.08. The molecule has 24 heavy (non-hydrogen) atoms. The largest absolute Gasteiger partial charge is 0.495 e. The van der Waals surface area contributed by atoms with Crippen molar-refractivity contribution < 1.29 is 9.53 Å². The van der Waals surface area contributed by atoms with Gasteiger partial charge in [0.2, 0.25) is 5.91 Å². The first kappa shape index (κ1) is 16.8. The summed E-state index contributed by atoms with van der Waals surface area (Å²) in [5.74, 6) is 1.37. The molecule has 0 radical (unpaired) electrons. The molecule has 1 aromatic heterocycles. The minimum Gasteiger partial charge on any atom is -0.495 e. The van der Waals surface area contributed by atoms with Crippen molar-refractivity contribution in [2.24, 2.45) is 0 Å². The zero-order chi connectivity index (χ0) is 17.1. The number of benzene rings is 1. The third-order valence-electron chi connectivity index (χ3n) is 4.03. The molecule has 0 aliphatic heterocycles. The summed E-state index contributed by atoms with van der Waals surface area (Å²) in [5, 5.41) is 3.62. The molecule has 1 aromatic carbocycles. The maximum atomic E-state index is 12.5. The van der Waals surface area contributed by atoms with Crippen molar-refractivity contribution in [1.82, 2.24) is 9.97 Å². The highest BCUT2D eigenvalue weighted by molar-refractivity contribution is 8.00. The van der Waals surface area contributed by atoms with Crippen molar-refractivity contribution in [2.75, 3.05) is 12.4 Å². The van der Waals surface area contributed by atoms with Crippen LogP contribution in [-0.2, 0) is 17.6 Å². The Balaban J connectivity index is 1.73. The van der Waals surface area contributed by atoms with Crippen molar-refractivity contribution >= 4 is 23.4 Å². The first-order chi connectivity index (χ1) is 11.6. The lowest BCUT2D eigenvalue weighted by Gasteiger charge is -2.15. The number of carbonyl (C=O) groups is 1. The first-order valence-electron chi connectivity index (χ1n) is 8.05. The third-order valence-corrected chi connectivity index (χ3v) is 5.16. The smallest absolute Gasteiger partial charge is 0.237 e. The van der Waals surface area contributed by atoms with Gasteiger partial charge >= 0.3 is 0 Å². The Kier molecular flexibility index (Phi) is 5.04. The molecule has 1 atom stereocenters. The van der Waals surface area contributed by atoms with Crippen LogP contribution < -0.4 is 10.1 Å². The number of nitrogens with one attached hydrogen (secondary N) is 1. The average Bonchev–Trinajstić information content (AvgIpc) is 3.03. The van der Waals surface area contributed by atoms with Crippen LogP contribution in [0.25, 0.3) is 0 Å². The van der Waals surface area contributed by atoms with Crippen LogP contribution in [0, 0.1) is 6.92 Å². The molecule has 0 spiro atoms. The zero-order valence-electron chi connectivity index (χ0n) is 14.1. The van der Waals surface area contributed by atoms with Gasteiger partial charge in [-0.1, -0.05) is 23.9 Å². The van der Waals surface area contributed by atoms with Crippen LogP contribution in [0.1, 0.15) is 30.4 Å². The van der Waals surface area contributed by atoms with Crippen LogP contribution in [0.4, 0.5) is 5.69 Å². The van der Waals surface area contributed by atoms with E-state index in [4.69, 9.17) is 4.74 Å². The standard InChI is InChI=1S/C18H21N3O2S/c1-11(17(22)21-15-8-4-5-10-16(15)23-3)24-18-13-7-6-9-14(13)19-12(2)20-18/h4-5,8,10-11H,6-7,9H2,1-3H3,(H,21,22)/t11-/m1/s1. The summed E-state index contributed by atoms with van der Waals surface area (Å²) in [6.07, 6.45) is 3.12. The Labute approximate surface area is 146 Å². The Morgan fingerprint density at radius 2 is 2.08 bits per heavy atom. The lowest BCUT2D eigenvalue weighted by molar-refractivity contribution is -0.115. The SMILES string of the molecule is COc1ccccc1NC(=O)[C@@H](C)Sc1nc(C)nc2c1CCC2. The Morgan fingerprint density at radius 1 is 1.29 bits per heavy atom. The van der Waals surface area contributed by atoms with Gasteiger partial charge in [-0.15, -0.1) is 0 Å². The van der Waals surface area contributed by atoms with E-state index in [0.29, 0.717) is 11.4 Å². The van der Waals surface area contributed by atoms with E-state index in [0.717, 1.165) is 35.8 Å². The maximum absolute atomic E-state index is 12.5. The van der Waals surface area contributed by atoms with Crippen molar-refractivity contribution in [3.8, 4) is 5.75 Å². The fourth-order valence-corrected chi connectivity index (χ4v) is 3.86. The normalized spacial score (nSPS) is 14.1. The molecule has 1 aliphatic rings. The van der Waals surface area contributed by atoms with Crippen LogP contribution in [0.5, 0.6) is 5.75 Å². The molecule has 1 aliphatic carbocycles. The van der Waals surface area contributed by atoms with Gasteiger partial charge in [-0.25, -0.2) is 9.97 Å². The molecule has 126 valence electrons. The van der Waals surface area contributed by atoms with Gasteiger partial charge in [-0.3, -0.25) is 4.79 Å². The van der Waals surface area contributed by atoms with Crippen LogP contribution in [0.2, 0.25) is 0 Å². The number of hydrogen-bond acceptors (Lipinski definition) is 5. The summed E-state index contributed by atoms with van der Waals surface area (Å²) < 4.78 is 5.28. The fourth-order valence-electron chi connectivity index (χ4n) is 2.82. The van der Waals surface area contributed by atoms with Crippen LogP contribution in [-0.4, -0.2) is 28.2 Å². The summed E-state index contributed by atoms with van der Waals surface area (Å²) >= 11 is 1.50. The maximum Gasteiger partial charge on any atom is 0.237 e. The Morgan fingerprint density at radius 3 is 2.88 bits per heavy atom. The van der Waals surface area contributed by atoms with Gasteiger partial charge in [-0.05, 0) is 45.2 Å². The lowest BCUT2D eigenvalue weighted by atomic mass is 10.3. The summed E-state index contributed by atoms with van der Waals surface area (Å²) in [5.41, 5.74) is 3.03. The minimum atomic E-state index is -0.256. The number of carbonyl (C=O) groups excluding carboxylic acids is 1. The van der Waals surface area contributed by atoms with E-state index in [1.54, 1.807) is 7.11 Å². The third kappa shape index (κ3) is 3.53. The topological polar surface area (TPSA) is 64.1 Å². The molecule has 6 heteroatoms. The van der Waals surface area contributed by atoms with E-state index < -0.39 is 0 Å². The molecule has 2 aromatic rings. The fraction of sp³-hybridized carbons (Fsp3) is 0.389. The number of fused-ring (bicyclic) bond motifs is 1. The highest BCUT2D eigenvalue weighted by atomic mass is 32.2. The summed E-state index contributed by atoms with van der Waals surface area (Å²) in [6, 6.07) is 7.41. The second-order valence-corrected chi connectivity index (χ2v) is 7.13. The number of anilines is 1. The number of amides is 1. The van der Waals surface area contributed by atoms with E-state index in [1.165, 1.54) is 17.3 Å². The highest BCUT2D eigenvalue weighted by Gasteiger charge is 2.23. The number of methoxy groups -OCH3 is 1. The molecule has 1 amide bonds. The van der Waals surface area contributed by atoms with Crippen LogP contribution in [0.3, 0.4) is 0 Å². The van der Waals surface area contributed by atoms with E-state index in [9.17, 15) is 4.79 Å². The molecule has 0 saturated carbocycles. The number of rotatable bonds is 5. The molecular weight excluding hydrogens is 322 g/mol. The van der Waals surface area contributed by atoms with Crippen molar-refractivity contribution in [2.45, 2.75) is 43.4 Å². The molecule has 1 N–H and O–H groups in total. The van der Waals surface area contributed by atoms with Crippen LogP contribution in [0.15, 0.2) is 29.3 Å². The molecule has 0 unspecified atom stereocenters. The number of thioether (sulfide) groups is 1. The van der Waals surface area contributed by atoms with Gasteiger partial charge in [0.05, 0.1) is 18.0 Å². The molecule has 0 bridgehead atoms. The minimum absolute atomic E-state index is 0.0625. The van der Waals surface area contributed by atoms with E-state index in [1.807, 2.05) is 38.1 Å². The number of ether oxygens (including phenoxy) is 1. The lowest BCUT2D eigenvalue weighted by Crippen LogP contribution is -2.23. The van der Waals surface area contributed by atoms with Crippen molar-refractivity contribution in [3.63, 3.8) is 0 Å². The molecule has 3 rings (SSSR count). The number of aromatic nitrogens is 2.